The predicted molar refractivity (Wildman–Crippen MR) is 125 cm³/mol. The van der Waals surface area contributed by atoms with Crippen LogP contribution >= 0.6 is 0 Å². The van der Waals surface area contributed by atoms with Crippen LogP contribution < -0.4 is 14.5 Å². The van der Waals surface area contributed by atoms with Crippen LogP contribution in [0.4, 0.5) is 11.8 Å². The van der Waals surface area contributed by atoms with Crippen molar-refractivity contribution in [2.45, 2.75) is 26.1 Å². The van der Waals surface area contributed by atoms with Crippen LogP contribution in [0, 0.1) is 0 Å². The highest BCUT2D eigenvalue weighted by atomic mass is 16.5. The largest absolute Gasteiger partial charge is 0.497 e. The Morgan fingerprint density at radius 1 is 0.875 bits per heavy atom. The average molecular weight is 436 g/mol. The predicted octanol–water partition coefficient (Wildman–Crippen LogP) is 3.15. The van der Waals surface area contributed by atoms with Crippen molar-refractivity contribution < 1.29 is 14.2 Å². The molecule has 8 nitrogen and oxygen atoms in total. The number of anilines is 2. The lowest BCUT2D eigenvalue weighted by Crippen LogP contribution is -2.46. The lowest BCUT2D eigenvalue weighted by Gasteiger charge is -2.36. The molecule has 0 amide bonds. The van der Waals surface area contributed by atoms with Crippen LogP contribution in [-0.2, 0) is 9.47 Å². The van der Waals surface area contributed by atoms with Crippen molar-refractivity contribution in [1.82, 2.24) is 15.0 Å². The van der Waals surface area contributed by atoms with Gasteiger partial charge < -0.3 is 24.0 Å². The minimum Gasteiger partial charge on any atom is -0.497 e. The molecule has 5 rings (SSSR count). The molecule has 32 heavy (non-hydrogen) atoms. The maximum absolute atomic E-state index is 5.92. The number of aromatic nitrogens is 3. The second kappa shape index (κ2) is 8.88. The fraction of sp³-hybridized carbons (Fsp3) is 0.458. The minimum atomic E-state index is 0.128. The fourth-order valence-electron chi connectivity index (χ4n) is 4.40. The molecule has 0 spiro atoms. The highest BCUT2D eigenvalue weighted by Gasteiger charge is 2.26. The summed E-state index contributed by atoms with van der Waals surface area (Å²) < 4.78 is 16.8. The maximum atomic E-state index is 5.92. The summed E-state index contributed by atoms with van der Waals surface area (Å²) >= 11 is 0. The number of hydrogen-bond acceptors (Lipinski definition) is 8. The summed E-state index contributed by atoms with van der Waals surface area (Å²) in [6.07, 6.45) is 0.256. The molecule has 2 atom stereocenters. The molecule has 0 unspecified atom stereocenters. The molecule has 0 saturated carbocycles. The maximum Gasteiger partial charge on any atom is 0.229 e. The zero-order valence-electron chi connectivity index (χ0n) is 18.8. The number of nitrogens with zero attached hydrogens (tertiary/aromatic N) is 5. The van der Waals surface area contributed by atoms with Gasteiger partial charge in [0.25, 0.3) is 0 Å². The van der Waals surface area contributed by atoms with E-state index in [1.54, 1.807) is 7.11 Å². The quantitative estimate of drug-likeness (QED) is 0.619. The molecule has 1 aromatic carbocycles. The summed E-state index contributed by atoms with van der Waals surface area (Å²) in [5, 5.41) is 0.960. The summed E-state index contributed by atoms with van der Waals surface area (Å²) in [5.74, 6) is 2.46. The Hall–Kier alpha value is -2.97. The molecule has 2 aromatic heterocycles. The summed E-state index contributed by atoms with van der Waals surface area (Å²) in [6.45, 7) is 8.71. The van der Waals surface area contributed by atoms with E-state index in [0.717, 1.165) is 54.4 Å². The number of morpholine rings is 2. The Kier molecular flexibility index (Phi) is 5.80. The number of hydrogen-bond donors (Lipinski definition) is 0. The smallest absolute Gasteiger partial charge is 0.229 e. The number of rotatable bonds is 4. The molecular weight excluding hydrogens is 406 g/mol. The van der Waals surface area contributed by atoms with Crippen LogP contribution in [0.1, 0.15) is 13.8 Å². The van der Waals surface area contributed by atoms with Gasteiger partial charge in [0.15, 0.2) is 5.65 Å². The van der Waals surface area contributed by atoms with Crippen molar-refractivity contribution in [3.05, 3.63) is 36.4 Å². The van der Waals surface area contributed by atoms with Crippen molar-refractivity contribution in [3.63, 3.8) is 0 Å². The minimum absolute atomic E-state index is 0.128. The first-order valence-electron chi connectivity index (χ1n) is 11.2. The number of benzene rings is 1. The number of fused-ring (bicyclic) bond motifs is 1. The van der Waals surface area contributed by atoms with E-state index < -0.39 is 0 Å². The monoisotopic (exact) mass is 435 g/mol. The van der Waals surface area contributed by atoms with E-state index in [9.17, 15) is 0 Å². The topological polar surface area (TPSA) is 72.8 Å². The van der Waals surface area contributed by atoms with Crippen LogP contribution in [0.15, 0.2) is 36.4 Å². The first kappa shape index (κ1) is 20.9. The first-order valence-corrected chi connectivity index (χ1v) is 11.2. The van der Waals surface area contributed by atoms with Gasteiger partial charge in [0.1, 0.15) is 11.6 Å². The van der Waals surface area contributed by atoms with Crippen molar-refractivity contribution in [3.8, 4) is 17.0 Å². The van der Waals surface area contributed by atoms with Gasteiger partial charge in [0, 0.05) is 31.7 Å². The second-order valence-electron chi connectivity index (χ2n) is 8.41. The number of methoxy groups -OCH3 is 1. The third kappa shape index (κ3) is 4.20. The molecule has 8 heteroatoms. The van der Waals surface area contributed by atoms with E-state index >= 15 is 0 Å². The van der Waals surface area contributed by atoms with Crippen LogP contribution in [0.3, 0.4) is 0 Å². The summed E-state index contributed by atoms with van der Waals surface area (Å²) in [7, 11) is 1.67. The summed E-state index contributed by atoms with van der Waals surface area (Å²) in [5.41, 5.74) is 2.60. The van der Waals surface area contributed by atoms with E-state index in [2.05, 4.69) is 29.7 Å². The highest BCUT2D eigenvalue weighted by Crippen LogP contribution is 2.30. The molecule has 2 fully saturated rings. The van der Waals surface area contributed by atoms with Gasteiger partial charge in [0.05, 0.1) is 43.6 Å². The fourth-order valence-corrected chi connectivity index (χ4v) is 4.40. The summed E-state index contributed by atoms with van der Waals surface area (Å²) in [6, 6.07) is 12.0. The Bertz CT molecular complexity index is 1070. The van der Waals surface area contributed by atoms with Gasteiger partial charge in [-0.05, 0) is 50.2 Å². The molecule has 0 bridgehead atoms. The molecule has 2 aliphatic rings. The molecule has 168 valence electrons. The lowest BCUT2D eigenvalue weighted by atomic mass is 10.1. The van der Waals surface area contributed by atoms with Gasteiger partial charge >= 0.3 is 0 Å². The second-order valence-corrected chi connectivity index (χ2v) is 8.41. The average Bonchev–Trinajstić information content (AvgIpc) is 2.83. The van der Waals surface area contributed by atoms with Crippen LogP contribution in [0.5, 0.6) is 5.75 Å². The van der Waals surface area contributed by atoms with Gasteiger partial charge in [0.2, 0.25) is 5.95 Å². The molecule has 2 saturated heterocycles. The molecule has 0 aliphatic carbocycles. The number of ether oxygens (including phenoxy) is 3. The SMILES string of the molecule is COc1ccc(-c2ccc3c(N4CCOCC4)nc(N4C[C@@H](C)O[C@@H](C)C4)nc3n2)cc1. The number of pyridine rings is 1. The van der Waals surface area contributed by atoms with Crippen LogP contribution in [0.25, 0.3) is 22.3 Å². The van der Waals surface area contributed by atoms with Crippen molar-refractivity contribution in [2.75, 3.05) is 56.3 Å². The van der Waals surface area contributed by atoms with E-state index in [1.807, 2.05) is 30.3 Å². The molecule has 4 heterocycles. The Labute approximate surface area is 188 Å². The third-order valence-corrected chi connectivity index (χ3v) is 5.93. The molecule has 3 aromatic rings. The molecule has 0 radical (unpaired) electrons. The van der Waals surface area contributed by atoms with Gasteiger partial charge in [-0.25, -0.2) is 4.98 Å². The highest BCUT2D eigenvalue weighted by molar-refractivity contribution is 5.90. The van der Waals surface area contributed by atoms with Gasteiger partial charge in [-0.15, -0.1) is 0 Å². The Balaban J connectivity index is 1.59. The van der Waals surface area contributed by atoms with Crippen molar-refractivity contribution >= 4 is 22.8 Å². The zero-order valence-corrected chi connectivity index (χ0v) is 18.8. The van der Waals surface area contributed by atoms with Gasteiger partial charge in [-0.3, -0.25) is 0 Å². The molecular formula is C24H29N5O3. The van der Waals surface area contributed by atoms with Crippen LogP contribution in [-0.4, -0.2) is 73.7 Å². The van der Waals surface area contributed by atoms with E-state index in [1.165, 1.54) is 0 Å². The molecule has 0 N–H and O–H groups in total. The van der Waals surface area contributed by atoms with Crippen LogP contribution in [0.2, 0.25) is 0 Å². The first-order chi connectivity index (χ1) is 15.6. The van der Waals surface area contributed by atoms with Crippen molar-refractivity contribution in [2.24, 2.45) is 0 Å². The Morgan fingerprint density at radius 2 is 1.59 bits per heavy atom. The Morgan fingerprint density at radius 3 is 2.28 bits per heavy atom. The van der Waals surface area contributed by atoms with Gasteiger partial charge in [-0.2, -0.15) is 9.97 Å². The van der Waals surface area contributed by atoms with E-state index in [-0.39, 0.29) is 12.2 Å². The lowest BCUT2D eigenvalue weighted by molar-refractivity contribution is -0.00570. The zero-order chi connectivity index (χ0) is 22.1. The normalized spacial score (nSPS) is 21.7. The molecule has 2 aliphatic heterocycles. The van der Waals surface area contributed by atoms with Crippen molar-refractivity contribution in [1.29, 1.82) is 0 Å². The van der Waals surface area contributed by atoms with E-state index in [0.29, 0.717) is 24.8 Å². The third-order valence-electron chi connectivity index (χ3n) is 5.93. The summed E-state index contributed by atoms with van der Waals surface area (Å²) in [4.78, 5) is 19.4. The van der Waals surface area contributed by atoms with Gasteiger partial charge in [-0.1, -0.05) is 0 Å². The van der Waals surface area contributed by atoms with E-state index in [4.69, 9.17) is 29.2 Å². The standard InChI is InChI=1S/C24H29N5O3/c1-16-14-29(15-17(2)32-16)24-26-22-20(23(27-24)28-10-12-31-13-11-28)8-9-21(25-22)18-4-6-19(30-3)7-5-18/h4-9,16-17H,10-15H2,1-3H3/t16-,17+.